The van der Waals surface area contributed by atoms with E-state index in [2.05, 4.69) is 25.9 Å². The normalized spacial score (nSPS) is 12.0. The van der Waals surface area contributed by atoms with Crippen molar-refractivity contribution in [1.82, 2.24) is 4.83 Å². The Morgan fingerprint density at radius 3 is 2.19 bits per heavy atom. The third-order valence-electron chi connectivity index (χ3n) is 3.21. The van der Waals surface area contributed by atoms with Crippen molar-refractivity contribution in [3.63, 3.8) is 0 Å². The maximum atomic E-state index is 12.3. The summed E-state index contributed by atoms with van der Waals surface area (Å²) in [4.78, 5) is 2.31. The van der Waals surface area contributed by atoms with E-state index in [1.165, 1.54) is 18.3 Å². The highest BCUT2D eigenvalue weighted by molar-refractivity contribution is 9.10. The number of benzene rings is 2. The van der Waals surface area contributed by atoms with Crippen LogP contribution in [0, 0.1) is 0 Å². The van der Waals surface area contributed by atoms with E-state index in [0.717, 1.165) is 10.0 Å². The minimum Gasteiger partial charge on any atom is -0.491 e. The third kappa shape index (κ3) is 6.55. The molecule has 0 aromatic heterocycles. The summed E-state index contributed by atoms with van der Waals surface area (Å²) in [7, 11) is -3.75. The van der Waals surface area contributed by atoms with Crippen molar-refractivity contribution in [2.75, 3.05) is 0 Å². The zero-order valence-electron chi connectivity index (χ0n) is 15.6. The predicted molar refractivity (Wildman–Crippen MR) is 110 cm³/mol. The van der Waals surface area contributed by atoms with Crippen LogP contribution in [0.4, 0.5) is 0 Å². The Balaban J connectivity index is 2.05. The molecule has 0 saturated carbocycles. The zero-order chi connectivity index (χ0) is 20.0. The smallest absolute Gasteiger partial charge is 0.276 e. The van der Waals surface area contributed by atoms with Crippen molar-refractivity contribution in [2.24, 2.45) is 5.10 Å². The number of rotatable bonds is 8. The first-order valence-electron chi connectivity index (χ1n) is 8.45. The summed E-state index contributed by atoms with van der Waals surface area (Å²) in [6.45, 7) is 7.69. The van der Waals surface area contributed by atoms with Gasteiger partial charge in [0.15, 0.2) is 0 Å². The van der Waals surface area contributed by atoms with Crippen LogP contribution in [-0.4, -0.2) is 26.8 Å². The molecule has 0 aliphatic carbocycles. The Bertz CT molecular complexity index is 894. The Labute approximate surface area is 168 Å². The molecule has 1 N–H and O–H groups in total. The van der Waals surface area contributed by atoms with Gasteiger partial charge >= 0.3 is 0 Å². The summed E-state index contributed by atoms with van der Waals surface area (Å²) in [5, 5.41) is 3.84. The molecule has 2 aromatic rings. The van der Waals surface area contributed by atoms with E-state index >= 15 is 0 Å². The van der Waals surface area contributed by atoms with Crippen LogP contribution in [0.1, 0.15) is 33.3 Å². The highest BCUT2D eigenvalue weighted by atomic mass is 79.9. The number of hydrogen-bond acceptors (Lipinski definition) is 5. The molecular weight excluding hydrogens is 432 g/mol. The molecule has 0 fully saturated rings. The van der Waals surface area contributed by atoms with Gasteiger partial charge in [-0.1, -0.05) is 0 Å². The quantitative estimate of drug-likeness (QED) is 0.475. The lowest BCUT2D eigenvalue weighted by Gasteiger charge is -2.11. The first-order valence-corrected chi connectivity index (χ1v) is 10.7. The molecule has 0 atom stereocenters. The van der Waals surface area contributed by atoms with Gasteiger partial charge in [0, 0.05) is 0 Å². The SMILES string of the molecule is CC(C)Oc1ccc(S(=O)(=O)N/N=C/c2ccc(OC(C)C)c(Br)c2)cc1. The van der Waals surface area contributed by atoms with Crippen LogP contribution in [-0.2, 0) is 10.0 Å². The van der Waals surface area contributed by atoms with Crippen LogP contribution in [0.2, 0.25) is 0 Å². The molecule has 0 heterocycles. The lowest BCUT2D eigenvalue weighted by Crippen LogP contribution is -2.18. The second-order valence-electron chi connectivity index (χ2n) is 6.35. The fourth-order valence-electron chi connectivity index (χ4n) is 2.14. The number of sulfonamides is 1. The molecule has 0 spiro atoms. The van der Waals surface area contributed by atoms with E-state index in [4.69, 9.17) is 9.47 Å². The van der Waals surface area contributed by atoms with Crippen LogP contribution in [0.5, 0.6) is 11.5 Å². The monoisotopic (exact) mass is 454 g/mol. The lowest BCUT2D eigenvalue weighted by atomic mass is 10.2. The van der Waals surface area contributed by atoms with Gasteiger partial charge in [-0.3, -0.25) is 0 Å². The van der Waals surface area contributed by atoms with Gasteiger partial charge in [0.1, 0.15) is 11.5 Å². The second-order valence-corrected chi connectivity index (χ2v) is 8.86. The Morgan fingerprint density at radius 2 is 1.63 bits per heavy atom. The van der Waals surface area contributed by atoms with Gasteiger partial charge in [0.25, 0.3) is 10.0 Å². The van der Waals surface area contributed by atoms with Gasteiger partial charge < -0.3 is 9.47 Å². The van der Waals surface area contributed by atoms with Gasteiger partial charge in [-0.05, 0) is 91.7 Å². The number of halogens is 1. The fraction of sp³-hybridized carbons (Fsp3) is 0.316. The molecule has 0 bridgehead atoms. The first kappa shape index (κ1) is 21.2. The van der Waals surface area contributed by atoms with E-state index in [0.29, 0.717) is 11.5 Å². The summed E-state index contributed by atoms with van der Waals surface area (Å²) in [5.74, 6) is 1.33. The molecule has 2 aromatic carbocycles. The van der Waals surface area contributed by atoms with Crippen LogP contribution >= 0.6 is 15.9 Å². The van der Waals surface area contributed by atoms with Crippen molar-refractivity contribution >= 4 is 32.2 Å². The maximum Gasteiger partial charge on any atom is 0.276 e. The van der Waals surface area contributed by atoms with Crippen LogP contribution in [0.25, 0.3) is 0 Å². The first-order chi connectivity index (χ1) is 12.7. The largest absolute Gasteiger partial charge is 0.491 e. The molecule has 0 aliphatic heterocycles. The molecule has 6 nitrogen and oxygen atoms in total. The molecule has 2 rings (SSSR count). The van der Waals surface area contributed by atoms with Gasteiger partial charge in [-0.2, -0.15) is 13.5 Å². The average Bonchev–Trinajstić information content (AvgIpc) is 2.57. The molecule has 0 amide bonds. The summed E-state index contributed by atoms with van der Waals surface area (Å²) in [6.07, 6.45) is 1.51. The van der Waals surface area contributed by atoms with Gasteiger partial charge in [-0.25, -0.2) is 4.83 Å². The van der Waals surface area contributed by atoms with Crippen molar-refractivity contribution < 1.29 is 17.9 Å². The van der Waals surface area contributed by atoms with Gasteiger partial charge in [0.2, 0.25) is 0 Å². The van der Waals surface area contributed by atoms with Crippen molar-refractivity contribution in [2.45, 2.75) is 44.8 Å². The zero-order valence-corrected chi connectivity index (χ0v) is 18.0. The van der Waals surface area contributed by atoms with Gasteiger partial charge in [0.05, 0.1) is 27.8 Å². The number of nitrogens with one attached hydrogen (secondary N) is 1. The minimum atomic E-state index is -3.75. The lowest BCUT2D eigenvalue weighted by molar-refractivity contribution is 0.241. The van der Waals surface area contributed by atoms with Crippen molar-refractivity contribution in [1.29, 1.82) is 0 Å². The molecule has 8 heteroatoms. The number of ether oxygens (including phenoxy) is 2. The third-order valence-corrected chi connectivity index (χ3v) is 5.07. The van der Waals surface area contributed by atoms with E-state index in [9.17, 15) is 8.42 Å². The molecular formula is C19H23BrN2O4S. The van der Waals surface area contributed by atoms with Crippen molar-refractivity contribution in [3.05, 3.63) is 52.5 Å². The molecule has 27 heavy (non-hydrogen) atoms. The van der Waals surface area contributed by atoms with E-state index in [1.54, 1.807) is 30.3 Å². The second kappa shape index (κ2) is 9.23. The molecule has 146 valence electrons. The number of nitrogens with zero attached hydrogens (tertiary/aromatic N) is 1. The maximum absolute atomic E-state index is 12.3. The van der Waals surface area contributed by atoms with Crippen molar-refractivity contribution in [3.8, 4) is 11.5 Å². The highest BCUT2D eigenvalue weighted by Crippen LogP contribution is 2.26. The molecule has 0 unspecified atom stereocenters. The standard InChI is InChI=1S/C19H23BrN2O4S/c1-13(2)25-16-6-8-17(9-7-16)27(23,24)22-21-12-15-5-10-19(18(20)11-15)26-14(3)4/h5-14,22H,1-4H3/b21-12+. The Morgan fingerprint density at radius 1 is 1.00 bits per heavy atom. The molecule has 0 aliphatic rings. The Hall–Kier alpha value is -2.06. The summed E-state index contributed by atoms with van der Waals surface area (Å²) in [5.41, 5.74) is 0.723. The van der Waals surface area contributed by atoms with Crippen LogP contribution < -0.4 is 14.3 Å². The van der Waals surface area contributed by atoms with E-state index in [-0.39, 0.29) is 17.1 Å². The fourth-order valence-corrected chi connectivity index (χ4v) is 3.42. The average molecular weight is 455 g/mol. The summed E-state index contributed by atoms with van der Waals surface area (Å²) < 4.78 is 36.5. The van der Waals surface area contributed by atoms with Gasteiger partial charge in [-0.15, -0.1) is 0 Å². The predicted octanol–water partition coefficient (Wildman–Crippen LogP) is 4.34. The topological polar surface area (TPSA) is 77.0 Å². The summed E-state index contributed by atoms with van der Waals surface area (Å²) >= 11 is 3.43. The summed E-state index contributed by atoms with van der Waals surface area (Å²) in [6, 6.07) is 11.6. The number of hydrazone groups is 1. The molecule has 0 saturated heterocycles. The number of hydrogen-bond donors (Lipinski definition) is 1. The Kier molecular flexibility index (Phi) is 7.26. The van der Waals surface area contributed by atoms with E-state index < -0.39 is 10.0 Å². The van der Waals surface area contributed by atoms with Crippen LogP contribution in [0.15, 0.2) is 56.9 Å². The highest BCUT2D eigenvalue weighted by Gasteiger charge is 2.13. The minimum absolute atomic E-state index is 0.0202. The molecule has 0 radical (unpaired) electrons. The van der Waals surface area contributed by atoms with E-state index in [1.807, 2.05) is 27.7 Å². The van der Waals surface area contributed by atoms with Crippen LogP contribution in [0.3, 0.4) is 0 Å².